The fourth-order valence-electron chi connectivity index (χ4n) is 5.22. The molecule has 5 rings (SSSR count). The lowest BCUT2D eigenvalue weighted by molar-refractivity contribution is -0.139. The summed E-state index contributed by atoms with van der Waals surface area (Å²) in [5.41, 5.74) is 10.5. The SMILES string of the molecule is COC(=O)Cc1c(C)c2c(n1C1c3ccccc3-c3ccccc31)CCCC2. The number of hydrogen-bond acceptors (Lipinski definition) is 2. The molecule has 0 amide bonds. The maximum Gasteiger partial charge on any atom is 0.311 e. The van der Waals surface area contributed by atoms with E-state index in [2.05, 4.69) is 60.0 Å². The van der Waals surface area contributed by atoms with Gasteiger partial charge < -0.3 is 9.30 Å². The molecular weight excluding hydrogens is 346 g/mol. The fourth-order valence-corrected chi connectivity index (χ4v) is 5.22. The van der Waals surface area contributed by atoms with Crippen LogP contribution in [-0.4, -0.2) is 17.6 Å². The van der Waals surface area contributed by atoms with Crippen LogP contribution < -0.4 is 0 Å². The summed E-state index contributed by atoms with van der Waals surface area (Å²) in [4.78, 5) is 12.3. The molecule has 0 bridgehead atoms. The number of methoxy groups -OCH3 is 1. The minimum absolute atomic E-state index is 0.132. The van der Waals surface area contributed by atoms with Crippen molar-refractivity contribution >= 4 is 5.97 Å². The van der Waals surface area contributed by atoms with Gasteiger partial charge in [0.05, 0.1) is 19.6 Å². The first-order valence-electron chi connectivity index (χ1n) is 10.2. The fraction of sp³-hybridized carbons (Fsp3) is 0.320. The van der Waals surface area contributed by atoms with E-state index in [0.717, 1.165) is 18.5 Å². The van der Waals surface area contributed by atoms with E-state index in [-0.39, 0.29) is 12.0 Å². The number of hydrogen-bond donors (Lipinski definition) is 0. The number of fused-ring (bicyclic) bond motifs is 4. The Morgan fingerprint density at radius 1 is 1.00 bits per heavy atom. The Balaban J connectivity index is 1.79. The molecule has 0 N–H and O–H groups in total. The molecule has 2 aromatic carbocycles. The molecular formula is C25H25NO2. The molecule has 3 nitrogen and oxygen atoms in total. The van der Waals surface area contributed by atoms with Crippen LogP contribution in [0.4, 0.5) is 0 Å². The summed E-state index contributed by atoms with van der Waals surface area (Å²) in [5, 5.41) is 0. The van der Waals surface area contributed by atoms with Crippen LogP contribution in [0.25, 0.3) is 11.1 Å². The lowest BCUT2D eigenvalue weighted by Gasteiger charge is -2.24. The Labute approximate surface area is 166 Å². The van der Waals surface area contributed by atoms with Gasteiger partial charge in [-0.05, 0) is 66.0 Å². The highest BCUT2D eigenvalue weighted by Gasteiger charge is 2.35. The van der Waals surface area contributed by atoms with Crippen molar-refractivity contribution in [3.05, 3.63) is 82.2 Å². The number of benzene rings is 2. The average Bonchev–Trinajstić information content (AvgIpc) is 3.21. The van der Waals surface area contributed by atoms with E-state index in [1.165, 1.54) is 59.0 Å². The van der Waals surface area contributed by atoms with E-state index in [0.29, 0.717) is 6.42 Å². The number of carbonyl (C=O) groups excluding carboxylic acids is 1. The van der Waals surface area contributed by atoms with E-state index in [1.807, 2.05) is 0 Å². The van der Waals surface area contributed by atoms with Crippen LogP contribution in [0.15, 0.2) is 48.5 Å². The maximum absolute atomic E-state index is 12.3. The molecule has 0 spiro atoms. The summed E-state index contributed by atoms with van der Waals surface area (Å²) in [5.74, 6) is -0.168. The van der Waals surface area contributed by atoms with Crippen LogP contribution in [0.3, 0.4) is 0 Å². The number of rotatable bonds is 3. The van der Waals surface area contributed by atoms with Gasteiger partial charge in [0, 0.05) is 11.4 Å². The van der Waals surface area contributed by atoms with Crippen molar-refractivity contribution in [2.45, 2.75) is 45.1 Å². The van der Waals surface area contributed by atoms with Gasteiger partial charge in [-0.3, -0.25) is 4.79 Å². The molecule has 2 aliphatic carbocycles. The van der Waals surface area contributed by atoms with Crippen molar-refractivity contribution in [1.82, 2.24) is 4.57 Å². The van der Waals surface area contributed by atoms with Crippen molar-refractivity contribution in [3.63, 3.8) is 0 Å². The zero-order chi connectivity index (χ0) is 19.3. The molecule has 0 radical (unpaired) electrons. The summed E-state index contributed by atoms with van der Waals surface area (Å²) >= 11 is 0. The molecule has 0 fully saturated rings. The normalized spacial score (nSPS) is 15.1. The summed E-state index contributed by atoms with van der Waals surface area (Å²) in [6, 6.07) is 17.5. The molecule has 0 saturated carbocycles. The molecule has 28 heavy (non-hydrogen) atoms. The summed E-state index contributed by atoms with van der Waals surface area (Å²) in [6.07, 6.45) is 4.96. The Morgan fingerprint density at radius 2 is 1.61 bits per heavy atom. The number of nitrogens with zero attached hydrogens (tertiary/aromatic N) is 1. The predicted molar refractivity (Wildman–Crippen MR) is 111 cm³/mol. The zero-order valence-electron chi connectivity index (χ0n) is 16.5. The maximum atomic E-state index is 12.3. The Bertz CT molecular complexity index is 1030. The van der Waals surface area contributed by atoms with Gasteiger partial charge in [0.2, 0.25) is 0 Å². The molecule has 142 valence electrons. The first kappa shape index (κ1) is 17.3. The minimum atomic E-state index is -0.168. The van der Waals surface area contributed by atoms with Crippen LogP contribution in [-0.2, 0) is 28.8 Å². The summed E-state index contributed by atoms with van der Waals surface area (Å²) in [6.45, 7) is 2.19. The van der Waals surface area contributed by atoms with Crippen LogP contribution in [0.1, 0.15) is 52.5 Å². The summed E-state index contributed by atoms with van der Waals surface area (Å²) < 4.78 is 7.52. The first-order chi connectivity index (χ1) is 13.7. The molecule has 0 atom stereocenters. The third-order valence-corrected chi connectivity index (χ3v) is 6.50. The smallest absolute Gasteiger partial charge is 0.311 e. The van der Waals surface area contributed by atoms with Crippen LogP contribution >= 0.6 is 0 Å². The highest BCUT2D eigenvalue weighted by Crippen LogP contribution is 2.48. The van der Waals surface area contributed by atoms with Gasteiger partial charge in [0.25, 0.3) is 0 Å². The van der Waals surface area contributed by atoms with E-state index in [1.54, 1.807) is 0 Å². The largest absolute Gasteiger partial charge is 0.469 e. The van der Waals surface area contributed by atoms with Crippen molar-refractivity contribution in [2.24, 2.45) is 0 Å². The zero-order valence-corrected chi connectivity index (χ0v) is 16.5. The van der Waals surface area contributed by atoms with E-state index >= 15 is 0 Å². The van der Waals surface area contributed by atoms with Gasteiger partial charge in [-0.2, -0.15) is 0 Å². The van der Waals surface area contributed by atoms with Crippen molar-refractivity contribution in [1.29, 1.82) is 0 Å². The molecule has 0 unspecified atom stereocenters. The van der Waals surface area contributed by atoms with Crippen molar-refractivity contribution < 1.29 is 9.53 Å². The van der Waals surface area contributed by atoms with E-state index in [4.69, 9.17) is 4.74 Å². The summed E-state index contributed by atoms with van der Waals surface area (Å²) in [7, 11) is 1.48. The third kappa shape index (κ3) is 2.46. The van der Waals surface area contributed by atoms with E-state index in [9.17, 15) is 4.79 Å². The van der Waals surface area contributed by atoms with Gasteiger partial charge in [-0.1, -0.05) is 48.5 Å². The average molecular weight is 371 g/mol. The minimum Gasteiger partial charge on any atom is -0.469 e. The highest BCUT2D eigenvalue weighted by atomic mass is 16.5. The molecule has 3 heteroatoms. The molecule has 2 aliphatic rings. The van der Waals surface area contributed by atoms with Crippen molar-refractivity contribution in [3.8, 4) is 11.1 Å². The second-order valence-electron chi connectivity index (χ2n) is 7.90. The van der Waals surface area contributed by atoms with Gasteiger partial charge >= 0.3 is 5.97 Å². The van der Waals surface area contributed by atoms with Crippen molar-refractivity contribution in [2.75, 3.05) is 7.11 Å². The number of ether oxygens (including phenoxy) is 1. The van der Waals surface area contributed by atoms with Crippen LogP contribution in [0.5, 0.6) is 0 Å². The molecule has 0 saturated heterocycles. The second-order valence-corrected chi connectivity index (χ2v) is 7.90. The van der Waals surface area contributed by atoms with Gasteiger partial charge in [-0.25, -0.2) is 0 Å². The highest BCUT2D eigenvalue weighted by molar-refractivity contribution is 5.79. The monoisotopic (exact) mass is 371 g/mol. The quantitative estimate of drug-likeness (QED) is 0.474. The van der Waals surface area contributed by atoms with Gasteiger partial charge in [-0.15, -0.1) is 0 Å². The number of esters is 1. The lowest BCUT2D eigenvalue weighted by atomic mass is 9.94. The Morgan fingerprint density at radius 3 is 2.25 bits per heavy atom. The van der Waals surface area contributed by atoms with Gasteiger partial charge in [0.15, 0.2) is 0 Å². The third-order valence-electron chi connectivity index (χ3n) is 6.50. The topological polar surface area (TPSA) is 31.2 Å². The molecule has 0 aliphatic heterocycles. The van der Waals surface area contributed by atoms with Gasteiger partial charge in [0.1, 0.15) is 0 Å². The van der Waals surface area contributed by atoms with Crippen LogP contribution in [0, 0.1) is 6.92 Å². The number of aromatic nitrogens is 1. The Kier molecular flexibility index (Phi) is 4.12. The number of carbonyl (C=O) groups is 1. The van der Waals surface area contributed by atoms with Crippen LogP contribution in [0.2, 0.25) is 0 Å². The molecule has 1 aromatic heterocycles. The Hall–Kier alpha value is -2.81. The second kappa shape index (κ2) is 6.66. The van der Waals surface area contributed by atoms with E-state index < -0.39 is 0 Å². The predicted octanol–water partition coefficient (Wildman–Crippen LogP) is 5.01. The first-order valence-corrected chi connectivity index (χ1v) is 10.2. The lowest BCUT2D eigenvalue weighted by Crippen LogP contribution is -2.19. The molecule has 1 heterocycles. The molecule has 3 aromatic rings. The standard InChI is InChI=1S/C25H25NO2/c1-16-17-9-7-8-14-22(17)26(23(16)15-24(27)28-2)25-20-12-5-3-10-18(20)19-11-4-6-13-21(19)25/h3-6,10-13,25H,7-9,14-15H2,1-2H3.